The molecule has 2 heterocycles. The van der Waals surface area contributed by atoms with Gasteiger partial charge in [-0.05, 0) is 63.1 Å². The van der Waals surface area contributed by atoms with Crippen LogP contribution in [0, 0.1) is 27.7 Å². The predicted molar refractivity (Wildman–Crippen MR) is 141 cm³/mol. The zero-order valence-corrected chi connectivity index (χ0v) is 20.8. The molecular weight excluding hydrogens is 458 g/mol. The third-order valence-electron chi connectivity index (χ3n) is 5.98. The van der Waals surface area contributed by atoms with Crippen LogP contribution in [0.15, 0.2) is 70.6 Å². The number of aryl methyl sites for hydroxylation is 4. The van der Waals surface area contributed by atoms with Gasteiger partial charge in [-0.25, -0.2) is 4.57 Å². The van der Waals surface area contributed by atoms with Gasteiger partial charge >= 0.3 is 0 Å². The Morgan fingerprint density at radius 2 is 1.63 bits per heavy atom. The molecule has 0 saturated heterocycles. The number of hydrogen-bond donors (Lipinski definition) is 1. The number of benzene rings is 3. The van der Waals surface area contributed by atoms with Crippen molar-refractivity contribution in [2.45, 2.75) is 32.9 Å². The molecule has 0 aliphatic rings. The molecule has 5 aromatic rings. The molecule has 8 heteroatoms. The van der Waals surface area contributed by atoms with Crippen molar-refractivity contribution in [1.29, 1.82) is 0 Å². The van der Waals surface area contributed by atoms with Crippen molar-refractivity contribution in [2.75, 3.05) is 11.1 Å². The summed E-state index contributed by atoms with van der Waals surface area (Å²) in [5.41, 5.74) is 6.34. The summed E-state index contributed by atoms with van der Waals surface area (Å²) in [7, 11) is 0. The Bertz CT molecular complexity index is 1670. The molecule has 0 aliphatic heterocycles. The number of carbonyl (C=O) groups excluding carboxylic acids is 1. The van der Waals surface area contributed by atoms with Gasteiger partial charge in [-0.1, -0.05) is 59.3 Å². The molecule has 0 spiro atoms. The first-order valence-electron chi connectivity index (χ1n) is 11.3. The predicted octanol–water partition coefficient (Wildman–Crippen LogP) is 5.00. The van der Waals surface area contributed by atoms with Gasteiger partial charge in [0.1, 0.15) is 0 Å². The molecule has 0 atom stereocenters. The highest BCUT2D eigenvalue weighted by molar-refractivity contribution is 7.99. The summed E-state index contributed by atoms with van der Waals surface area (Å²) in [4.78, 5) is 26.2. The Kier molecular flexibility index (Phi) is 5.90. The Balaban J connectivity index is 1.56. The third-order valence-corrected chi connectivity index (χ3v) is 6.91. The first-order chi connectivity index (χ1) is 16.8. The number of thioether (sulfide) groups is 1. The molecule has 3 aromatic carbocycles. The minimum absolute atomic E-state index is 0.134. The highest BCUT2D eigenvalue weighted by Crippen LogP contribution is 2.25. The van der Waals surface area contributed by atoms with E-state index in [1.807, 2.05) is 86.7 Å². The van der Waals surface area contributed by atoms with Crippen LogP contribution in [0.4, 0.5) is 5.69 Å². The number of para-hydroxylation sites is 1. The number of fused-ring (bicyclic) bond motifs is 3. The normalized spacial score (nSPS) is 11.3. The highest BCUT2D eigenvalue weighted by atomic mass is 32.2. The van der Waals surface area contributed by atoms with E-state index < -0.39 is 0 Å². The lowest BCUT2D eigenvalue weighted by atomic mass is 10.1. The van der Waals surface area contributed by atoms with Crippen molar-refractivity contribution in [3.8, 4) is 5.69 Å². The van der Waals surface area contributed by atoms with Crippen molar-refractivity contribution in [2.24, 2.45) is 0 Å². The summed E-state index contributed by atoms with van der Waals surface area (Å²) in [6.45, 7) is 7.99. The van der Waals surface area contributed by atoms with Crippen molar-refractivity contribution in [3.05, 3.63) is 93.3 Å². The van der Waals surface area contributed by atoms with Gasteiger partial charge in [0.05, 0.1) is 22.3 Å². The van der Waals surface area contributed by atoms with Crippen molar-refractivity contribution in [1.82, 2.24) is 19.2 Å². The smallest absolute Gasteiger partial charge is 0.267 e. The lowest BCUT2D eigenvalue weighted by Crippen LogP contribution is -2.22. The molecule has 0 fully saturated rings. The van der Waals surface area contributed by atoms with E-state index in [4.69, 9.17) is 0 Å². The molecule has 0 bridgehead atoms. The van der Waals surface area contributed by atoms with Crippen molar-refractivity contribution >= 4 is 40.0 Å². The average molecular weight is 484 g/mol. The third kappa shape index (κ3) is 4.21. The van der Waals surface area contributed by atoms with Crippen molar-refractivity contribution in [3.63, 3.8) is 0 Å². The lowest BCUT2D eigenvalue weighted by Gasteiger charge is -2.14. The Morgan fingerprint density at radius 1 is 0.914 bits per heavy atom. The monoisotopic (exact) mass is 483 g/mol. The lowest BCUT2D eigenvalue weighted by molar-refractivity contribution is -0.113. The number of nitrogens with zero attached hydrogens (tertiary/aromatic N) is 4. The van der Waals surface area contributed by atoms with Crippen LogP contribution < -0.4 is 10.9 Å². The Hall–Kier alpha value is -3.91. The molecule has 0 saturated carbocycles. The summed E-state index contributed by atoms with van der Waals surface area (Å²) in [6.07, 6.45) is 0. The maximum Gasteiger partial charge on any atom is 0.267 e. The van der Waals surface area contributed by atoms with Gasteiger partial charge in [0.2, 0.25) is 11.7 Å². The topological polar surface area (TPSA) is 81.3 Å². The minimum Gasteiger partial charge on any atom is -0.325 e. The van der Waals surface area contributed by atoms with Crippen LogP contribution >= 0.6 is 11.8 Å². The molecule has 0 unspecified atom stereocenters. The largest absolute Gasteiger partial charge is 0.325 e. The van der Waals surface area contributed by atoms with Gasteiger partial charge in [0.25, 0.3) is 5.56 Å². The van der Waals surface area contributed by atoms with E-state index in [1.165, 1.54) is 11.8 Å². The van der Waals surface area contributed by atoms with Crippen LogP contribution in [-0.4, -0.2) is 30.8 Å². The zero-order valence-electron chi connectivity index (χ0n) is 20.0. The minimum atomic E-state index is -0.156. The number of nitrogens with one attached hydrogen (secondary N) is 1. The average Bonchev–Trinajstić information content (AvgIpc) is 3.25. The van der Waals surface area contributed by atoms with Crippen LogP contribution in [0.25, 0.3) is 22.4 Å². The summed E-state index contributed by atoms with van der Waals surface area (Å²) in [5.74, 6) is 0.439. The number of aromatic nitrogens is 4. The van der Waals surface area contributed by atoms with Gasteiger partial charge in [-0.3, -0.25) is 14.0 Å². The van der Waals surface area contributed by atoms with Gasteiger partial charge in [0.15, 0.2) is 5.16 Å². The molecule has 1 N–H and O–H groups in total. The number of carbonyl (C=O) groups is 1. The molecule has 5 rings (SSSR count). The highest BCUT2D eigenvalue weighted by Gasteiger charge is 2.19. The second-order valence-electron chi connectivity index (χ2n) is 8.72. The van der Waals surface area contributed by atoms with Gasteiger partial charge in [0, 0.05) is 5.69 Å². The maximum absolute atomic E-state index is 13.5. The molecule has 7 nitrogen and oxygen atoms in total. The van der Waals surface area contributed by atoms with Gasteiger partial charge in [-0.2, -0.15) is 0 Å². The summed E-state index contributed by atoms with van der Waals surface area (Å²) < 4.78 is 3.45. The van der Waals surface area contributed by atoms with E-state index in [2.05, 4.69) is 15.5 Å². The fourth-order valence-electron chi connectivity index (χ4n) is 4.32. The SMILES string of the molecule is Cc1ccc(NC(=O)CSc2nnc3n(-c4ccc(C)cc4C)c(=O)c4ccccc4n23)c(C)c1. The van der Waals surface area contributed by atoms with E-state index in [0.717, 1.165) is 33.6 Å². The zero-order chi connectivity index (χ0) is 24.7. The van der Waals surface area contributed by atoms with Crippen LogP contribution in [0.3, 0.4) is 0 Å². The molecule has 176 valence electrons. The van der Waals surface area contributed by atoms with Crippen molar-refractivity contribution < 1.29 is 4.79 Å². The molecule has 2 aromatic heterocycles. The second kappa shape index (κ2) is 9.03. The van der Waals surface area contributed by atoms with E-state index in [1.54, 1.807) is 10.6 Å². The van der Waals surface area contributed by atoms with Crippen LogP contribution in [0.2, 0.25) is 0 Å². The molecule has 1 amide bonds. The first kappa shape index (κ1) is 22.9. The van der Waals surface area contributed by atoms with Crippen LogP contribution in [0.1, 0.15) is 22.3 Å². The first-order valence-corrected chi connectivity index (χ1v) is 12.3. The van der Waals surface area contributed by atoms with E-state index in [9.17, 15) is 9.59 Å². The quantitative estimate of drug-likeness (QED) is 0.356. The van der Waals surface area contributed by atoms with Gasteiger partial charge < -0.3 is 5.32 Å². The molecular formula is C27H25N5O2S. The second-order valence-corrected chi connectivity index (χ2v) is 9.66. The van der Waals surface area contributed by atoms with E-state index in [0.29, 0.717) is 21.8 Å². The van der Waals surface area contributed by atoms with E-state index >= 15 is 0 Å². The maximum atomic E-state index is 13.5. The Labute approximate surface area is 206 Å². The van der Waals surface area contributed by atoms with Gasteiger partial charge in [-0.15, -0.1) is 10.2 Å². The number of hydrogen-bond acceptors (Lipinski definition) is 5. The van der Waals surface area contributed by atoms with Crippen LogP contribution in [-0.2, 0) is 4.79 Å². The summed E-state index contributed by atoms with van der Waals surface area (Å²) >= 11 is 1.29. The van der Waals surface area contributed by atoms with E-state index in [-0.39, 0.29) is 17.2 Å². The number of rotatable bonds is 5. The summed E-state index contributed by atoms with van der Waals surface area (Å²) in [5, 5.41) is 12.8. The number of anilines is 1. The van der Waals surface area contributed by atoms with Crippen LogP contribution in [0.5, 0.6) is 0 Å². The fraction of sp³-hybridized carbons (Fsp3) is 0.185. The molecule has 35 heavy (non-hydrogen) atoms. The Morgan fingerprint density at radius 3 is 2.37 bits per heavy atom. The summed E-state index contributed by atoms with van der Waals surface area (Å²) in [6, 6.07) is 19.3. The fourth-order valence-corrected chi connectivity index (χ4v) is 5.06. The standard InChI is InChI=1S/C27H25N5O2S/c1-16-9-11-21(18(3)13-16)28-24(33)15-35-27-30-29-26-31(22-12-10-17(2)14-19(22)4)25(34)20-7-5-6-8-23(20)32(26)27/h5-14H,15H2,1-4H3,(H,28,33). The molecule has 0 radical (unpaired) electrons. The molecule has 0 aliphatic carbocycles. The number of amides is 1.